The second kappa shape index (κ2) is 7.37. The molecule has 4 nitrogen and oxygen atoms in total. The second-order valence-corrected chi connectivity index (χ2v) is 4.10. The molecule has 2 N–H and O–H groups in total. The van der Waals surface area contributed by atoms with Crippen LogP contribution in [-0.4, -0.2) is 12.5 Å². The number of hydrogen-bond acceptors (Lipinski definition) is 3. The maximum atomic E-state index is 11.2. The van der Waals surface area contributed by atoms with E-state index in [1.54, 1.807) is 41.2 Å². The predicted molar refractivity (Wildman–Crippen MR) is 74.6 cm³/mol. The minimum Gasteiger partial charge on any atom is -0.493 e. The summed E-state index contributed by atoms with van der Waals surface area (Å²) in [6.07, 6.45) is 3.20. The van der Waals surface area contributed by atoms with Crippen LogP contribution in [0, 0.1) is 0 Å². The number of ether oxygens (including phenoxy) is 1. The van der Waals surface area contributed by atoms with Gasteiger partial charge >= 0.3 is 0 Å². The minimum absolute atomic E-state index is 0.388. The van der Waals surface area contributed by atoms with Crippen molar-refractivity contribution in [1.29, 1.82) is 0 Å². The van der Waals surface area contributed by atoms with Crippen LogP contribution in [0.2, 0.25) is 0 Å². The zero-order valence-corrected chi connectivity index (χ0v) is 11.9. The Balaban J connectivity index is 2.75. The lowest BCUT2D eigenvalue weighted by molar-refractivity contribution is 0.0996. The third-order valence-corrected chi connectivity index (χ3v) is 2.82. The quantitative estimate of drug-likeness (QED) is 0.608. The van der Waals surface area contributed by atoms with Crippen LogP contribution in [-0.2, 0) is 0 Å². The lowest BCUT2D eigenvalue weighted by Crippen LogP contribution is -2.13. The summed E-state index contributed by atoms with van der Waals surface area (Å²) in [7, 11) is 0. The Morgan fingerprint density at radius 1 is 1.41 bits per heavy atom. The summed E-state index contributed by atoms with van der Waals surface area (Å²) in [6.45, 7) is 2.71. The molecule has 0 bridgehead atoms. The monoisotopic (exact) mass is 349 g/mol. The van der Waals surface area contributed by atoms with Gasteiger partial charge in [0, 0.05) is 6.07 Å². The molecular formula is C12H16INO3. The number of rotatable bonds is 7. The van der Waals surface area contributed by atoms with Crippen LogP contribution < -0.4 is 13.5 Å². The second-order valence-electron chi connectivity index (χ2n) is 3.65. The number of carbonyl (C=O) groups excluding carboxylic acids is 1. The molecule has 1 aromatic rings. The molecule has 0 atom stereocenters. The first kappa shape index (κ1) is 14.1. The van der Waals surface area contributed by atoms with E-state index in [9.17, 15) is 4.79 Å². The van der Waals surface area contributed by atoms with Crippen molar-refractivity contribution in [1.82, 2.24) is 0 Å². The van der Waals surface area contributed by atoms with Crippen molar-refractivity contribution in [3.63, 3.8) is 0 Å². The molecule has 0 radical (unpaired) electrons. The first-order chi connectivity index (χ1) is 8.19. The van der Waals surface area contributed by atoms with Gasteiger partial charge in [0.1, 0.15) is 11.5 Å². The topological polar surface area (TPSA) is 61.6 Å². The van der Waals surface area contributed by atoms with Crippen LogP contribution in [0.25, 0.3) is 0 Å². The fraction of sp³-hybridized carbons (Fsp3) is 0.417. The molecule has 0 fully saturated rings. The average Bonchev–Trinajstić information content (AvgIpc) is 2.34. The summed E-state index contributed by atoms with van der Waals surface area (Å²) in [4.78, 5) is 11.2. The SMILES string of the molecule is CCCCCOc1cc(OI)ccc1C(N)=O. The van der Waals surface area contributed by atoms with Crippen molar-refractivity contribution in [2.75, 3.05) is 6.61 Å². The third-order valence-electron chi connectivity index (χ3n) is 2.31. The van der Waals surface area contributed by atoms with Gasteiger partial charge in [-0.3, -0.25) is 4.79 Å². The molecule has 94 valence electrons. The van der Waals surface area contributed by atoms with Gasteiger partial charge < -0.3 is 13.5 Å². The first-order valence-electron chi connectivity index (χ1n) is 5.54. The van der Waals surface area contributed by atoms with Crippen molar-refractivity contribution in [2.24, 2.45) is 5.73 Å². The molecule has 0 aliphatic heterocycles. The summed E-state index contributed by atoms with van der Waals surface area (Å²) in [5, 5.41) is 0. The van der Waals surface area contributed by atoms with Crippen LogP contribution in [0.15, 0.2) is 18.2 Å². The Morgan fingerprint density at radius 2 is 2.18 bits per heavy atom. The number of carbonyl (C=O) groups is 1. The summed E-state index contributed by atoms with van der Waals surface area (Å²) in [5.41, 5.74) is 5.66. The van der Waals surface area contributed by atoms with Crippen molar-refractivity contribution in [2.45, 2.75) is 26.2 Å². The molecule has 0 spiro atoms. The van der Waals surface area contributed by atoms with Gasteiger partial charge in [-0.05, 0) is 18.6 Å². The average molecular weight is 349 g/mol. The molecule has 0 heterocycles. The number of amides is 1. The predicted octanol–water partition coefficient (Wildman–Crippen LogP) is 3.08. The zero-order valence-electron chi connectivity index (χ0n) is 9.74. The highest BCUT2D eigenvalue weighted by Gasteiger charge is 2.10. The van der Waals surface area contributed by atoms with Crippen molar-refractivity contribution < 1.29 is 12.6 Å². The highest BCUT2D eigenvalue weighted by molar-refractivity contribution is 14.1. The highest BCUT2D eigenvalue weighted by atomic mass is 127. The molecule has 17 heavy (non-hydrogen) atoms. The number of nitrogens with two attached hydrogens (primary N) is 1. The van der Waals surface area contributed by atoms with Crippen LogP contribution in [0.3, 0.4) is 0 Å². The molecule has 0 saturated carbocycles. The Bertz CT molecular complexity index is 382. The lowest BCUT2D eigenvalue weighted by atomic mass is 10.2. The Morgan fingerprint density at radius 3 is 2.76 bits per heavy atom. The van der Waals surface area contributed by atoms with E-state index < -0.39 is 5.91 Å². The van der Waals surface area contributed by atoms with Gasteiger partial charge in [0.25, 0.3) is 5.91 Å². The van der Waals surface area contributed by atoms with E-state index in [0.717, 1.165) is 19.3 Å². The number of primary amides is 1. The Kier molecular flexibility index (Phi) is 6.10. The van der Waals surface area contributed by atoms with E-state index in [4.69, 9.17) is 13.5 Å². The van der Waals surface area contributed by atoms with Crippen molar-refractivity contribution in [3.8, 4) is 11.5 Å². The molecule has 5 heteroatoms. The highest BCUT2D eigenvalue weighted by Crippen LogP contribution is 2.26. The molecular weight excluding hydrogens is 333 g/mol. The molecule has 0 saturated heterocycles. The Hall–Kier alpha value is -0.980. The van der Waals surface area contributed by atoms with Crippen LogP contribution in [0.1, 0.15) is 36.5 Å². The largest absolute Gasteiger partial charge is 0.493 e. The molecule has 0 aliphatic rings. The number of halogens is 1. The van der Waals surface area contributed by atoms with Gasteiger partial charge in [-0.15, -0.1) is 0 Å². The van der Waals surface area contributed by atoms with Gasteiger partial charge in [-0.2, -0.15) is 0 Å². The normalized spacial score (nSPS) is 10.0. The van der Waals surface area contributed by atoms with E-state index in [1.807, 2.05) is 0 Å². The van der Waals surface area contributed by atoms with Gasteiger partial charge in [0.2, 0.25) is 0 Å². The van der Waals surface area contributed by atoms with E-state index in [1.165, 1.54) is 0 Å². The van der Waals surface area contributed by atoms with Crippen molar-refractivity contribution >= 4 is 28.9 Å². The summed E-state index contributed by atoms with van der Waals surface area (Å²) < 4.78 is 10.6. The molecule has 1 aromatic carbocycles. The van der Waals surface area contributed by atoms with E-state index in [0.29, 0.717) is 23.7 Å². The molecule has 0 aliphatic carbocycles. The maximum absolute atomic E-state index is 11.2. The molecule has 1 amide bonds. The van der Waals surface area contributed by atoms with E-state index in [-0.39, 0.29) is 0 Å². The van der Waals surface area contributed by atoms with Crippen LogP contribution in [0.5, 0.6) is 11.5 Å². The summed E-state index contributed by atoms with van der Waals surface area (Å²) in [5.74, 6) is 0.638. The first-order valence-corrected chi connectivity index (χ1v) is 6.42. The van der Waals surface area contributed by atoms with E-state index >= 15 is 0 Å². The van der Waals surface area contributed by atoms with Gasteiger partial charge in [0.15, 0.2) is 23.0 Å². The number of benzene rings is 1. The van der Waals surface area contributed by atoms with Crippen LogP contribution in [0.4, 0.5) is 0 Å². The Labute approximate surface area is 115 Å². The maximum Gasteiger partial charge on any atom is 0.252 e. The third kappa shape index (κ3) is 4.41. The van der Waals surface area contributed by atoms with E-state index in [2.05, 4.69) is 6.92 Å². The molecule has 0 unspecified atom stereocenters. The molecule has 0 aromatic heterocycles. The number of unbranched alkanes of at least 4 members (excludes halogenated alkanes) is 2. The lowest BCUT2D eigenvalue weighted by Gasteiger charge is -2.10. The minimum atomic E-state index is -0.490. The fourth-order valence-electron chi connectivity index (χ4n) is 1.41. The fourth-order valence-corrected chi connectivity index (χ4v) is 1.68. The summed E-state index contributed by atoms with van der Waals surface area (Å²) in [6, 6.07) is 4.98. The standard InChI is InChI=1S/C12H16INO3/c1-2-3-4-7-16-11-8-9(17-13)5-6-10(11)12(14)15/h5-6,8H,2-4,7H2,1H3,(H2,14,15). The summed E-state index contributed by atoms with van der Waals surface area (Å²) >= 11 is 1.78. The smallest absolute Gasteiger partial charge is 0.252 e. The van der Waals surface area contributed by atoms with Gasteiger partial charge in [-0.25, -0.2) is 0 Å². The number of hydrogen-bond donors (Lipinski definition) is 1. The molecule has 1 rings (SSSR count). The van der Waals surface area contributed by atoms with Gasteiger partial charge in [0.05, 0.1) is 12.2 Å². The van der Waals surface area contributed by atoms with Gasteiger partial charge in [-0.1, -0.05) is 19.8 Å². The van der Waals surface area contributed by atoms with Crippen molar-refractivity contribution in [3.05, 3.63) is 23.8 Å². The zero-order chi connectivity index (χ0) is 12.7. The van der Waals surface area contributed by atoms with Crippen LogP contribution >= 0.6 is 23.0 Å².